The number of nitrogen functional groups attached to an aromatic ring is 1. The lowest BCUT2D eigenvalue weighted by Crippen LogP contribution is -2.15. The number of anilines is 2. The molecule has 0 aliphatic heterocycles. The lowest BCUT2D eigenvalue weighted by molar-refractivity contribution is -0.117. The molecule has 0 saturated heterocycles. The fourth-order valence-corrected chi connectivity index (χ4v) is 5.28. The number of carbonyl (C=O) groups is 1. The molecule has 34 heavy (non-hydrogen) atoms. The van der Waals surface area contributed by atoms with Crippen LogP contribution in [-0.2, 0) is 4.79 Å². The van der Waals surface area contributed by atoms with Crippen molar-refractivity contribution in [2.24, 2.45) is 17.3 Å². The predicted molar refractivity (Wildman–Crippen MR) is 131 cm³/mol. The molecule has 2 unspecified atom stereocenters. The number of nitrogens with zero attached hydrogens (tertiary/aromatic N) is 3. The first-order chi connectivity index (χ1) is 16.5. The van der Waals surface area contributed by atoms with E-state index in [4.69, 9.17) is 10.5 Å². The zero-order chi connectivity index (χ0) is 23.4. The van der Waals surface area contributed by atoms with Crippen LogP contribution in [0.15, 0.2) is 60.9 Å². The molecule has 4 aromatic rings. The Morgan fingerprint density at radius 1 is 1.06 bits per heavy atom. The van der Waals surface area contributed by atoms with Gasteiger partial charge in [-0.05, 0) is 60.9 Å². The van der Waals surface area contributed by atoms with Crippen LogP contribution in [0.3, 0.4) is 0 Å². The van der Waals surface area contributed by atoms with Gasteiger partial charge < -0.3 is 15.8 Å². The molecule has 2 heterocycles. The van der Waals surface area contributed by atoms with Gasteiger partial charge in [-0.3, -0.25) is 4.79 Å². The Hall–Kier alpha value is -4.00. The number of benzene rings is 2. The summed E-state index contributed by atoms with van der Waals surface area (Å²) in [4.78, 5) is 25.7. The number of hydrogen-bond donors (Lipinski definition) is 2. The van der Waals surface area contributed by atoms with E-state index in [0.29, 0.717) is 23.2 Å². The van der Waals surface area contributed by atoms with Gasteiger partial charge in [0.1, 0.15) is 5.75 Å². The third-order valence-electron chi connectivity index (χ3n) is 7.41. The van der Waals surface area contributed by atoms with Crippen LogP contribution < -0.4 is 15.8 Å². The summed E-state index contributed by atoms with van der Waals surface area (Å²) in [6, 6.07) is 15.4. The topological polar surface area (TPSA) is 103 Å². The zero-order valence-electron chi connectivity index (χ0n) is 19.1. The minimum absolute atomic E-state index is 0.119. The number of fused-ring (bicyclic) bond motifs is 1. The highest BCUT2D eigenvalue weighted by Gasteiger charge is 2.72. The van der Waals surface area contributed by atoms with Crippen LogP contribution >= 0.6 is 0 Å². The molecule has 2 aromatic carbocycles. The van der Waals surface area contributed by atoms with Gasteiger partial charge in [0, 0.05) is 34.8 Å². The molecule has 3 N–H and O–H groups in total. The standard InChI is InChI=1S/C27H25N5O2/c1-15-8-9-17-18(5-3-7-20(17)31-24(33)22-16(2)27(22)11-12-27)23(15)34-25-19(6-4-13-29-25)21-10-14-30-26(28)32-21/h3-10,13-14,16,22H,11-12H2,1-2H3,(H,31,33)(H2,28,30,32). The molecule has 2 fully saturated rings. The number of pyridine rings is 1. The molecule has 7 nitrogen and oxygen atoms in total. The van der Waals surface area contributed by atoms with Crippen LogP contribution in [0.2, 0.25) is 0 Å². The van der Waals surface area contributed by atoms with Crippen molar-refractivity contribution >= 4 is 28.3 Å². The van der Waals surface area contributed by atoms with E-state index in [9.17, 15) is 4.79 Å². The van der Waals surface area contributed by atoms with Gasteiger partial charge >= 0.3 is 0 Å². The number of aromatic nitrogens is 3. The largest absolute Gasteiger partial charge is 0.437 e. The lowest BCUT2D eigenvalue weighted by atomic mass is 10.0. The van der Waals surface area contributed by atoms with E-state index in [1.807, 2.05) is 49.4 Å². The predicted octanol–water partition coefficient (Wildman–Crippen LogP) is 5.36. The second kappa shape index (κ2) is 7.52. The fourth-order valence-electron chi connectivity index (χ4n) is 5.28. The van der Waals surface area contributed by atoms with Crippen LogP contribution in [-0.4, -0.2) is 20.9 Å². The first kappa shape index (κ1) is 20.6. The molecular weight excluding hydrogens is 426 g/mol. The van der Waals surface area contributed by atoms with Crippen LogP contribution in [0.1, 0.15) is 25.3 Å². The normalized spacial score (nSPS) is 19.7. The van der Waals surface area contributed by atoms with E-state index in [1.54, 1.807) is 18.5 Å². The highest BCUT2D eigenvalue weighted by Crippen LogP contribution is 2.74. The van der Waals surface area contributed by atoms with Gasteiger partial charge in [-0.15, -0.1) is 0 Å². The Labute approximate surface area is 197 Å². The number of amides is 1. The second-order valence-corrected chi connectivity index (χ2v) is 9.36. The summed E-state index contributed by atoms with van der Waals surface area (Å²) in [6.07, 6.45) is 5.63. The van der Waals surface area contributed by atoms with E-state index < -0.39 is 0 Å². The SMILES string of the molecule is Cc1ccc2c(NC(=O)C3C(C)C34CC4)cccc2c1Oc1ncccc1-c1ccnc(N)n1. The molecule has 0 bridgehead atoms. The fraction of sp³-hybridized carbons (Fsp3) is 0.259. The summed E-state index contributed by atoms with van der Waals surface area (Å²) in [7, 11) is 0. The van der Waals surface area contributed by atoms with Gasteiger partial charge in [0.15, 0.2) is 0 Å². The van der Waals surface area contributed by atoms with E-state index in [2.05, 4.69) is 27.2 Å². The van der Waals surface area contributed by atoms with Crippen LogP contribution in [0.25, 0.3) is 22.0 Å². The van der Waals surface area contributed by atoms with Crippen molar-refractivity contribution < 1.29 is 9.53 Å². The van der Waals surface area contributed by atoms with Crippen molar-refractivity contribution in [2.75, 3.05) is 11.1 Å². The van der Waals surface area contributed by atoms with Gasteiger partial charge in [-0.25, -0.2) is 15.0 Å². The molecule has 0 radical (unpaired) electrons. The number of hydrogen-bond acceptors (Lipinski definition) is 6. The quantitative estimate of drug-likeness (QED) is 0.423. The monoisotopic (exact) mass is 451 g/mol. The van der Waals surface area contributed by atoms with Crippen molar-refractivity contribution in [1.82, 2.24) is 15.0 Å². The maximum Gasteiger partial charge on any atom is 0.228 e. The van der Waals surface area contributed by atoms with Crippen LogP contribution in [0.5, 0.6) is 11.6 Å². The van der Waals surface area contributed by atoms with Gasteiger partial charge in [-0.2, -0.15) is 0 Å². The molecule has 2 aromatic heterocycles. The number of aryl methyl sites for hydroxylation is 1. The number of carbonyl (C=O) groups excluding carboxylic acids is 1. The lowest BCUT2D eigenvalue weighted by Gasteiger charge is -2.16. The average molecular weight is 452 g/mol. The van der Waals surface area contributed by atoms with Crippen molar-refractivity contribution in [3.63, 3.8) is 0 Å². The Balaban J connectivity index is 1.37. The molecule has 1 spiro atoms. The first-order valence-electron chi connectivity index (χ1n) is 11.5. The second-order valence-electron chi connectivity index (χ2n) is 9.36. The number of nitrogens with one attached hydrogen (secondary N) is 1. The van der Waals surface area contributed by atoms with Crippen LogP contribution in [0.4, 0.5) is 11.6 Å². The minimum Gasteiger partial charge on any atom is -0.437 e. The van der Waals surface area contributed by atoms with Crippen molar-refractivity contribution in [3.8, 4) is 22.9 Å². The molecular formula is C27H25N5O2. The van der Waals surface area contributed by atoms with Gasteiger partial charge in [0.2, 0.25) is 17.7 Å². The van der Waals surface area contributed by atoms with Crippen LogP contribution in [0, 0.1) is 24.2 Å². The third-order valence-corrected chi connectivity index (χ3v) is 7.41. The van der Waals surface area contributed by atoms with Gasteiger partial charge in [0.05, 0.1) is 11.3 Å². The Kier molecular flexibility index (Phi) is 4.55. The number of nitrogens with two attached hydrogens (primary N) is 1. The minimum atomic E-state index is 0.119. The smallest absolute Gasteiger partial charge is 0.228 e. The average Bonchev–Trinajstić information content (AvgIpc) is 3.73. The summed E-state index contributed by atoms with van der Waals surface area (Å²) in [6.45, 7) is 4.18. The summed E-state index contributed by atoms with van der Waals surface area (Å²) < 4.78 is 6.40. The highest BCUT2D eigenvalue weighted by molar-refractivity contribution is 6.06. The van der Waals surface area contributed by atoms with E-state index in [0.717, 1.165) is 27.6 Å². The number of rotatable bonds is 5. The van der Waals surface area contributed by atoms with E-state index in [-0.39, 0.29) is 23.2 Å². The maximum atomic E-state index is 13.0. The molecule has 6 rings (SSSR count). The Morgan fingerprint density at radius 3 is 2.68 bits per heavy atom. The summed E-state index contributed by atoms with van der Waals surface area (Å²) in [5, 5.41) is 5.02. The molecule has 2 aliphatic rings. The third kappa shape index (κ3) is 3.27. The number of ether oxygens (including phenoxy) is 1. The maximum absolute atomic E-state index is 13.0. The van der Waals surface area contributed by atoms with Crippen molar-refractivity contribution in [1.29, 1.82) is 0 Å². The molecule has 1 amide bonds. The van der Waals surface area contributed by atoms with Crippen molar-refractivity contribution in [2.45, 2.75) is 26.7 Å². The Morgan fingerprint density at radius 2 is 1.91 bits per heavy atom. The Bertz CT molecular complexity index is 1450. The van der Waals surface area contributed by atoms with E-state index >= 15 is 0 Å². The summed E-state index contributed by atoms with van der Waals surface area (Å²) >= 11 is 0. The first-order valence-corrected chi connectivity index (χ1v) is 11.5. The van der Waals surface area contributed by atoms with E-state index in [1.165, 1.54) is 12.8 Å². The molecule has 7 heteroatoms. The zero-order valence-corrected chi connectivity index (χ0v) is 19.1. The summed E-state index contributed by atoms with van der Waals surface area (Å²) in [5.41, 5.74) is 9.18. The van der Waals surface area contributed by atoms with Gasteiger partial charge in [0.25, 0.3) is 0 Å². The molecule has 170 valence electrons. The van der Waals surface area contributed by atoms with Gasteiger partial charge in [-0.1, -0.05) is 31.2 Å². The highest BCUT2D eigenvalue weighted by atomic mass is 16.5. The molecule has 2 aliphatic carbocycles. The molecule has 2 saturated carbocycles. The molecule has 2 atom stereocenters. The van der Waals surface area contributed by atoms with Crippen molar-refractivity contribution in [3.05, 3.63) is 66.5 Å². The summed E-state index contributed by atoms with van der Waals surface area (Å²) in [5.74, 6) is 2.02.